The fraction of sp³-hybridized carbons (Fsp3) is 0.889. The largest absolute Gasteiger partial charge is 0.356 e. The van der Waals surface area contributed by atoms with Crippen LogP contribution in [-0.4, -0.2) is 38.6 Å². The smallest absolute Gasteiger partial charge is 0.160 e. The van der Waals surface area contributed by atoms with Crippen molar-refractivity contribution in [1.82, 2.24) is 0 Å². The minimum absolute atomic E-state index is 0.214. The summed E-state index contributed by atoms with van der Waals surface area (Å²) in [4.78, 5) is 0. The summed E-state index contributed by atoms with van der Waals surface area (Å²) in [5.74, 6) is 1.64. The zero-order chi connectivity index (χ0) is 29.9. The normalized spacial score (nSPS) is 13.6. The number of hydrogen-bond donors (Lipinski definition) is 0. The highest BCUT2D eigenvalue weighted by Crippen LogP contribution is 2.15. The van der Waals surface area contributed by atoms with Crippen LogP contribution in [-0.2, 0) is 14.2 Å². The Morgan fingerprint density at radius 2 is 0.659 bits per heavy atom. The molecule has 0 amide bonds. The molecule has 3 nitrogen and oxygen atoms in total. The maximum Gasteiger partial charge on any atom is 0.160 e. The lowest BCUT2D eigenvalue weighted by molar-refractivity contribution is -0.232. The van der Waals surface area contributed by atoms with E-state index in [4.69, 9.17) is 37.4 Å². The molecule has 0 radical (unpaired) electrons. The van der Waals surface area contributed by atoms with Crippen molar-refractivity contribution < 1.29 is 14.2 Å². The van der Waals surface area contributed by atoms with Gasteiger partial charge >= 0.3 is 0 Å². The number of ether oxygens (including phenoxy) is 3. The predicted molar refractivity (Wildman–Crippen MR) is 182 cm³/mol. The summed E-state index contributed by atoms with van der Waals surface area (Å²) in [6.45, 7) is 0. The Labute approximate surface area is 266 Å². The molecule has 0 N–H and O–H groups in total. The Balaban J connectivity index is 3.64. The van der Waals surface area contributed by atoms with Gasteiger partial charge in [-0.2, -0.15) is 0 Å². The molecule has 41 heavy (non-hydrogen) atoms. The van der Waals surface area contributed by atoms with Crippen LogP contribution in [0.25, 0.3) is 0 Å². The van der Waals surface area contributed by atoms with E-state index < -0.39 is 0 Å². The van der Waals surface area contributed by atoms with E-state index >= 15 is 0 Å². The van der Waals surface area contributed by atoms with Crippen molar-refractivity contribution in [3.05, 3.63) is 24.3 Å². The molecular weight excluding hydrogens is 551 g/mol. The SMILES string of the molecule is COC(CCC=CCCCCCCCCCCCCCl)OC(CCC=CCCCCCCCCCCCCCl)OC. The highest BCUT2D eigenvalue weighted by Gasteiger charge is 2.14. The molecule has 0 aromatic heterocycles. The summed E-state index contributed by atoms with van der Waals surface area (Å²) in [6, 6.07) is 0. The molecule has 0 aromatic rings. The van der Waals surface area contributed by atoms with E-state index in [1.807, 2.05) is 0 Å². The minimum atomic E-state index is -0.214. The monoisotopic (exact) mass is 618 g/mol. The van der Waals surface area contributed by atoms with Crippen molar-refractivity contribution in [2.24, 2.45) is 0 Å². The van der Waals surface area contributed by atoms with Gasteiger partial charge in [-0.1, -0.05) is 127 Å². The highest BCUT2D eigenvalue weighted by molar-refractivity contribution is 6.18. The standard InChI is InChI=1S/C36H68Cl2O3/c1-39-35(31-27-23-19-15-11-7-3-5-9-13-17-21-25-29-33-37)41-36(40-2)32-28-24-20-16-12-8-4-6-10-14-18-22-26-30-34-38/h19-20,23-24,35-36H,3-18,21-22,25-34H2,1-2H3. The van der Waals surface area contributed by atoms with E-state index in [1.165, 1.54) is 141 Å². The van der Waals surface area contributed by atoms with Gasteiger partial charge in [0.05, 0.1) is 0 Å². The van der Waals surface area contributed by atoms with Crippen LogP contribution in [0.3, 0.4) is 0 Å². The molecule has 0 aliphatic carbocycles. The summed E-state index contributed by atoms with van der Waals surface area (Å²) in [5, 5.41) is 0. The topological polar surface area (TPSA) is 27.7 Å². The molecular formula is C36H68Cl2O3. The predicted octanol–water partition coefficient (Wildman–Crippen LogP) is 12.7. The number of hydrogen-bond acceptors (Lipinski definition) is 3. The number of halogens is 2. The number of methoxy groups -OCH3 is 2. The maximum absolute atomic E-state index is 6.06. The van der Waals surface area contributed by atoms with Crippen molar-refractivity contribution in [2.45, 2.75) is 180 Å². The lowest BCUT2D eigenvalue weighted by Gasteiger charge is -2.22. The van der Waals surface area contributed by atoms with Crippen molar-refractivity contribution in [2.75, 3.05) is 26.0 Å². The first-order valence-corrected chi connectivity index (χ1v) is 18.5. The second-order valence-electron chi connectivity index (χ2n) is 11.6. The molecule has 0 bridgehead atoms. The third-order valence-corrected chi connectivity index (χ3v) is 8.34. The average Bonchev–Trinajstić information content (AvgIpc) is 2.99. The van der Waals surface area contributed by atoms with Gasteiger partial charge in [-0.3, -0.25) is 0 Å². The number of alkyl halides is 2. The minimum Gasteiger partial charge on any atom is -0.356 e. The number of unbranched alkanes of at least 4 members (excludes halogenated alkanes) is 20. The lowest BCUT2D eigenvalue weighted by Crippen LogP contribution is -2.25. The second kappa shape index (κ2) is 36.1. The Morgan fingerprint density at radius 3 is 0.951 bits per heavy atom. The fourth-order valence-corrected chi connectivity index (χ4v) is 5.51. The number of rotatable bonds is 34. The quantitative estimate of drug-likeness (QED) is 0.0310. The van der Waals surface area contributed by atoms with E-state index in [-0.39, 0.29) is 12.6 Å². The van der Waals surface area contributed by atoms with Crippen LogP contribution in [0.4, 0.5) is 0 Å². The first kappa shape index (κ1) is 40.9. The van der Waals surface area contributed by atoms with Gasteiger partial charge in [0, 0.05) is 38.8 Å². The van der Waals surface area contributed by atoms with Crippen LogP contribution in [0.2, 0.25) is 0 Å². The second-order valence-corrected chi connectivity index (χ2v) is 12.3. The van der Waals surface area contributed by atoms with Gasteiger partial charge in [0.15, 0.2) is 12.6 Å². The Hall–Kier alpha value is -0.0600. The molecule has 5 heteroatoms. The summed E-state index contributed by atoms with van der Waals surface area (Å²) >= 11 is 11.5. The Bertz CT molecular complexity index is 495. The molecule has 0 rings (SSSR count). The van der Waals surface area contributed by atoms with E-state index in [0.717, 1.165) is 37.4 Å². The Kier molecular flexibility index (Phi) is 36.1. The van der Waals surface area contributed by atoms with Gasteiger partial charge in [0.25, 0.3) is 0 Å². The fourth-order valence-electron chi connectivity index (χ4n) is 5.13. The van der Waals surface area contributed by atoms with Gasteiger partial charge in [-0.25, -0.2) is 0 Å². The van der Waals surface area contributed by atoms with Crippen LogP contribution >= 0.6 is 23.2 Å². The van der Waals surface area contributed by atoms with Crippen molar-refractivity contribution in [1.29, 1.82) is 0 Å². The molecule has 0 fully saturated rings. The van der Waals surface area contributed by atoms with Crippen LogP contribution < -0.4 is 0 Å². The van der Waals surface area contributed by atoms with E-state index in [2.05, 4.69) is 24.3 Å². The van der Waals surface area contributed by atoms with Crippen LogP contribution in [0.5, 0.6) is 0 Å². The molecule has 0 aliphatic heterocycles. The zero-order valence-electron chi connectivity index (χ0n) is 27.2. The van der Waals surface area contributed by atoms with Crippen LogP contribution in [0, 0.1) is 0 Å². The molecule has 2 unspecified atom stereocenters. The van der Waals surface area contributed by atoms with E-state index in [9.17, 15) is 0 Å². The molecule has 0 aromatic carbocycles. The summed E-state index contributed by atoms with van der Waals surface area (Å²) in [6.07, 6.45) is 41.7. The molecule has 0 spiro atoms. The lowest BCUT2D eigenvalue weighted by atomic mass is 10.1. The summed E-state index contributed by atoms with van der Waals surface area (Å²) in [7, 11) is 3.45. The average molecular weight is 620 g/mol. The maximum atomic E-state index is 6.06. The third kappa shape index (κ3) is 32.7. The number of allylic oxidation sites excluding steroid dienone is 4. The van der Waals surface area contributed by atoms with Gasteiger partial charge < -0.3 is 14.2 Å². The van der Waals surface area contributed by atoms with Crippen molar-refractivity contribution in [3.8, 4) is 0 Å². The van der Waals surface area contributed by atoms with Gasteiger partial charge in [-0.05, 0) is 51.4 Å². The summed E-state index contributed by atoms with van der Waals surface area (Å²) < 4.78 is 17.2. The molecule has 0 saturated heterocycles. The first-order chi connectivity index (χ1) is 20.3. The van der Waals surface area contributed by atoms with Crippen LogP contribution in [0.1, 0.15) is 167 Å². The molecule has 0 aliphatic rings. The molecule has 0 saturated carbocycles. The first-order valence-electron chi connectivity index (χ1n) is 17.4. The summed E-state index contributed by atoms with van der Waals surface area (Å²) in [5.41, 5.74) is 0. The zero-order valence-corrected chi connectivity index (χ0v) is 28.8. The van der Waals surface area contributed by atoms with E-state index in [1.54, 1.807) is 14.2 Å². The van der Waals surface area contributed by atoms with Gasteiger partial charge in [0.1, 0.15) is 0 Å². The van der Waals surface area contributed by atoms with Crippen molar-refractivity contribution >= 4 is 23.2 Å². The highest BCUT2D eigenvalue weighted by atomic mass is 35.5. The van der Waals surface area contributed by atoms with Crippen molar-refractivity contribution in [3.63, 3.8) is 0 Å². The molecule has 2 atom stereocenters. The van der Waals surface area contributed by atoms with Gasteiger partial charge in [-0.15, -0.1) is 23.2 Å². The van der Waals surface area contributed by atoms with Crippen LogP contribution in [0.15, 0.2) is 24.3 Å². The molecule has 244 valence electrons. The van der Waals surface area contributed by atoms with E-state index in [0.29, 0.717) is 0 Å². The molecule has 0 heterocycles. The Morgan fingerprint density at radius 1 is 0.390 bits per heavy atom. The van der Waals surface area contributed by atoms with Gasteiger partial charge in [0.2, 0.25) is 0 Å². The third-order valence-electron chi connectivity index (χ3n) is 7.81.